The Hall–Kier alpha value is 0.180. The average Bonchev–Trinajstić information content (AvgIpc) is 1.83. The van der Waals surface area contributed by atoms with Gasteiger partial charge in [0.1, 0.15) is 0 Å². The van der Waals surface area contributed by atoms with Crippen molar-refractivity contribution >= 4 is 31.9 Å². The van der Waals surface area contributed by atoms with Crippen LogP contribution in [0.5, 0.6) is 0 Å². The number of halogens is 2. The minimum absolute atomic E-state index is 0.998. The Morgan fingerprint density at radius 1 is 1.11 bits per heavy atom. The first-order valence-electron chi connectivity index (χ1n) is 2.48. The predicted octanol–water partition coefficient (Wildman–Crippen LogP) is 3.39. The fourth-order valence-electron chi connectivity index (χ4n) is 0.532. The van der Waals surface area contributed by atoms with Crippen molar-refractivity contribution in [3.05, 3.63) is 39.6 Å². The van der Waals surface area contributed by atoms with Crippen molar-refractivity contribution < 1.29 is 0 Å². The summed E-state index contributed by atoms with van der Waals surface area (Å²) in [5.41, 5.74) is 0.998. The van der Waals surface area contributed by atoms with E-state index >= 15 is 0 Å². The molecule has 0 amide bonds. The molecule has 47 valence electrons. The van der Waals surface area contributed by atoms with Crippen LogP contribution in [0.4, 0.5) is 0 Å². The van der Waals surface area contributed by atoms with Crippen molar-refractivity contribution in [1.29, 1.82) is 0 Å². The Labute approximate surface area is 71.5 Å². The van der Waals surface area contributed by atoms with E-state index in [0.717, 1.165) is 14.5 Å². The molecule has 0 spiro atoms. The fourth-order valence-corrected chi connectivity index (χ4v) is 1.53. The third kappa shape index (κ3) is 1.55. The molecule has 2 heteroatoms. The molecule has 0 unspecified atom stereocenters. The maximum absolute atomic E-state index is 3.83. The van der Waals surface area contributed by atoms with Gasteiger partial charge in [0.05, 0.1) is 0 Å². The molecule has 0 aromatic heterocycles. The molecule has 0 heterocycles. The molecule has 0 nitrogen and oxygen atoms in total. The van der Waals surface area contributed by atoms with Gasteiger partial charge in [-0.1, -0.05) is 37.9 Å². The summed E-state index contributed by atoms with van der Waals surface area (Å²) < 4.78 is 2.08. The minimum atomic E-state index is 0.998. The first-order valence-corrected chi connectivity index (χ1v) is 4.06. The molecule has 1 rings (SSSR count). The summed E-state index contributed by atoms with van der Waals surface area (Å²) in [5.74, 6) is 0. The van der Waals surface area contributed by atoms with E-state index in [1.54, 1.807) is 0 Å². The highest BCUT2D eigenvalue weighted by Gasteiger charge is 1.95. The first-order chi connectivity index (χ1) is 4.22. The molecular weight excluding hydrogens is 244 g/mol. The second-order valence-electron chi connectivity index (χ2n) is 1.70. The van der Waals surface area contributed by atoms with Gasteiger partial charge in [0.25, 0.3) is 0 Å². The summed E-state index contributed by atoms with van der Waals surface area (Å²) in [7, 11) is 0. The summed E-state index contributed by atoms with van der Waals surface area (Å²) in [6.07, 6.45) is 0. The second-order valence-corrected chi connectivity index (χ2v) is 3.41. The topological polar surface area (TPSA) is 0 Å². The van der Waals surface area contributed by atoms with Crippen molar-refractivity contribution in [3.63, 3.8) is 0 Å². The minimum Gasteiger partial charge on any atom is -0.0600 e. The molecule has 9 heavy (non-hydrogen) atoms. The molecular formula is C7H5Br2. The monoisotopic (exact) mass is 247 g/mol. The van der Waals surface area contributed by atoms with Crippen LogP contribution in [0.1, 0.15) is 5.56 Å². The van der Waals surface area contributed by atoms with Gasteiger partial charge >= 0.3 is 0 Å². The number of rotatable bonds is 0. The lowest BCUT2D eigenvalue weighted by Gasteiger charge is -1.97. The van der Waals surface area contributed by atoms with Crippen molar-refractivity contribution in [1.82, 2.24) is 0 Å². The smallest absolute Gasteiger partial charge is 0.0218 e. The molecule has 0 atom stereocenters. The van der Waals surface area contributed by atoms with Crippen LogP contribution < -0.4 is 0 Å². The fraction of sp³-hybridized carbons (Fsp3) is 0. The second kappa shape index (κ2) is 2.84. The highest BCUT2D eigenvalue weighted by atomic mass is 79.9. The Bertz CT molecular complexity index is 198. The highest BCUT2D eigenvalue weighted by molar-refractivity contribution is 9.11. The zero-order chi connectivity index (χ0) is 6.85. The maximum atomic E-state index is 3.83. The first kappa shape index (κ1) is 7.29. The summed E-state index contributed by atoms with van der Waals surface area (Å²) in [6.45, 7) is 3.83. The summed E-state index contributed by atoms with van der Waals surface area (Å²) in [5, 5.41) is 0. The lowest BCUT2D eigenvalue weighted by Crippen LogP contribution is -1.74. The van der Waals surface area contributed by atoms with Crippen LogP contribution >= 0.6 is 31.9 Å². The Morgan fingerprint density at radius 2 is 1.56 bits per heavy atom. The molecule has 0 bridgehead atoms. The summed E-state index contributed by atoms with van der Waals surface area (Å²) >= 11 is 6.71. The van der Waals surface area contributed by atoms with Crippen LogP contribution in [-0.4, -0.2) is 0 Å². The van der Waals surface area contributed by atoms with Crippen molar-refractivity contribution in [2.75, 3.05) is 0 Å². The van der Waals surface area contributed by atoms with Crippen LogP contribution in [0.3, 0.4) is 0 Å². The van der Waals surface area contributed by atoms with Crippen LogP contribution in [0.15, 0.2) is 27.1 Å². The highest BCUT2D eigenvalue weighted by Crippen LogP contribution is 2.23. The van der Waals surface area contributed by atoms with E-state index in [1.165, 1.54) is 0 Å². The normalized spacial score (nSPS) is 9.67. The quantitative estimate of drug-likeness (QED) is 0.660. The van der Waals surface area contributed by atoms with Crippen LogP contribution in [-0.2, 0) is 0 Å². The van der Waals surface area contributed by atoms with E-state index < -0.39 is 0 Å². The molecule has 1 aromatic carbocycles. The zero-order valence-electron chi connectivity index (χ0n) is 4.70. The lowest BCUT2D eigenvalue weighted by atomic mass is 10.2. The van der Waals surface area contributed by atoms with Crippen molar-refractivity contribution in [3.8, 4) is 0 Å². The molecule has 0 saturated carbocycles. The van der Waals surface area contributed by atoms with Gasteiger partial charge in [0.15, 0.2) is 0 Å². The molecule has 1 aromatic rings. The Morgan fingerprint density at radius 3 is 1.89 bits per heavy atom. The number of hydrogen-bond donors (Lipinski definition) is 0. The third-order valence-electron chi connectivity index (χ3n) is 1.06. The standard InChI is InChI=1S/C7H5Br2/c1-5-6(8)3-2-4-7(5)9/h2-4H,1H2. The van der Waals surface area contributed by atoms with E-state index in [9.17, 15) is 0 Å². The number of benzene rings is 1. The lowest BCUT2D eigenvalue weighted by molar-refractivity contribution is 1.51. The SMILES string of the molecule is [CH2]c1c(Br)cccc1Br. The largest absolute Gasteiger partial charge is 0.0600 e. The van der Waals surface area contributed by atoms with Gasteiger partial charge in [-0.05, 0) is 24.6 Å². The molecule has 0 aliphatic rings. The van der Waals surface area contributed by atoms with Gasteiger partial charge in [-0.15, -0.1) is 0 Å². The van der Waals surface area contributed by atoms with Crippen LogP contribution in [0.2, 0.25) is 0 Å². The average molecular weight is 249 g/mol. The Balaban J connectivity index is 3.25. The van der Waals surface area contributed by atoms with E-state index in [2.05, 4.69) is 38.8 Å². The van der Waals surface area contributed by atoms with Gasteiger partial charge < -0.3 is 0 Å². The zero-order valence-corrected chi connectivity index (χ0v) is 7.87. The molecule has 0 aliphatic carbocycles. The van der Waals surface area contributed by atoms with E-state index in [1.807, 2.05) is 18.2 Å². The Kier molecular flexibility index (Phi) is 2.30. The molecule has 0 N–H and O–H groups in total. The van der Waals surface area contributed by atoms with E-state index in [-0.39, 0.29) is 0 Å². The summed E-state index contributed by atoms with van der Waals surface area (Å²) in [4.78, 5) is 0. The molecule has 0 saturated heterocycles. The van der Waals surface area contributed by atoms with Gasteiger partial charge in [-0.25, -0.2) is 0 Å². The third-order valence-corrected chi connectivity index (χ3v) is 2.55. The van der Waals surface area contributed by atoms with Gasteiger partial charge in [0, 0.05) is 8.95 Å². The van der Waals surface area contributed by atoms with Crippen molar-refractivity contribution in [2.24, 2.45) is 0 Å². The van der Waals surface area contributed by atoms with E-state index in [0.29, 0.717) is 0 Å². The van der Waals surface area contributed by atoms with Gasteiger partial charge in [-0.3, -0.25) is 0 Å². The van der Waals surface area contributed by atoms with Crippen LogP contribution in [0, 0.1) is 6.92 Å². The van der Waals surface area contributed by atoms with Gasteiger partial charge in [0.2, 0.25) is 0 Å². The number of hydrogen-bond acceptors (Lipinski definition) is 0. The molecule has 0 fully saturated rings. The predicted molar refractivity (Wildman–Crippen MR) is 46.3 cm³/mol. The molecule has 0 aliphatic heterocycles. The van der Waals surface area contributed by atoms with Crippen LogP contribution in [0.25, 0.3) is 0 Å². The summed E-state index contributed by atoms with van der Waals surface area (Å²) in [6, 6.07) is 5.89. The van der Waals surface area contributed by atoms with Gasteiger partial charge in [-0.2, -0.15) is 0 Å². The molecule has 1 radical (unpaired) electrons. The van der Waals surface area contributed by atoms with E-state index in [4.69, 9.17) is 0 Å². The maximum Gasteiger partial charge on any atom is 0.0218 e. The van der Waals surface area contributed by atoms with Crippen molar-refractivity contribution in [2.45, 2.75) is 0 Å².